The molecule has 0 spiro atoms. The molecule has 0 aliphatic rings. The van der Waals surface area contributed by atoms with Gasteiger partial charge in [-0.2, -0.15) is 0 Å². The summed E-state index contributed by atoms with van der Waals surface area (Å²) in [5, 5.41) is 12.0. The molecule has 16 heavy (non-hydrogen) atoms. The zero-order valence-electron chi connectivity index (χ0n) is 9.90. The van der Waals surface area contributed by atoms with Crippen molar-refractivity contribution in [3.05, 3.63) is 42.0 Å². The van der Waals surface area contributed by atoms with Crippen molar-refractivity contribution in [2.24, 2.45) is 0 Å². The molecule has 2 rings (SSSR count). The number of phenols is 1. The maximum Gasteiger partial charge on any atom is 0.123 e. The number of fused-ring (bicyclic) bond motifs is 1. The Morgan fingerprint density at radius 3 is 2.25 bits per heavy atom. The van der Waals surface area contributed by atoms with Gasteiger partial charge in [-0.05, 0) is 35.8 Å². The molecule has 0 atom stereocenters. The summed E-state index contributed by atoms with van der Waals surface area (Å²) >= 11 is 0. The Morgan fingerprint density at radius 2 is 1.56 bits per heavy atom. The van der Waals surface area contributed by atoms with Gasteiger partial charge in [0.15, 0.2) is 0 Å². The molecule has 0 radical (unpaired) electrons. The lowest BCUT2D eigenvalue weighted by molar-refractivity contribution is 0.481. The minimum absolute atomic E-state index is 0.380. The smallest absolute Gasteiger partial charge is 0.123 e. The van der Waals surface area contributed by atoms with Gasteiger partial charge >= 0.3 is 0 Å². The minimum atomic E-state index is 0.380. The first-order chi connectivity index (χ1) is 7.77. The van der Waals surface area contributed by atoms with Crippen LogP contribution in [0.3, 0.4) is 0 Å². The summed E-state index contributed by atoms with van der Waals surface area (Å²) in [5.74, 6) is 0.968. The van der Waals surface area contributed by atoms with E-state index in [0.717, 1.165) is 18.2 Å². The van der Waals surface area contributed by atoms with E-state index in [0.29, 0.717) is 11.7 Å². The first kappa shape index (κ1) is 11.0. The van der Waals surface area contributed by atoms with E-state index in [9.17, 15) is 5.11 Å². The molecule has 0 aliphatic heterocycles. The van der Waals surface area contributed by atoms with Gasteiger partial charge in [-0.1, -0.05) is 44.2 Å². The summed E-state index contributed by atoms with van der Waals surface area (Å²) in [6.07, 6.45) is 2.29. The molecule has 84 valence electrons. The van der Waals surface area contributed by atoms with Crippen LogP contribution in [0.5, 0.6) is 5.75 Å². The Kier molecular flexibility index (Phi) is 3.14. The molecule has 1 heteroatoms. The molecular formula is C15H18O. The van der Waals surface area contributed by atoms with E-state index in [1.54, 1.807) is 6.07 Å². The van der Waals surface area contributed by atoms with E-state index >= 15 is 0 Å². The second-order valence-corrected chi connectivity index (χ2v) is 4.23. The fourth-order valence-electron chi connectivity index (χ4n) is 2.40. The molecule has 1 nitrogen and oxygen atoms in total. The Bertz CT molecular complexity index is 484. The highest BCUT2D eigenvalue weighted by Crippen LogP contribution is 2.33. The van der Waals surface area contributed by atoms with Gasteiger partial charge in [0.2, 0.25) is 0 Å². The van der Waals surface area contributed by atoms with Crippen molar-refractivity contribution in [3.8, 4) is 5.75 Å². The van der Waals surface area contributed by atoms with Crippen LogP contribution in [0, 0.1) is 0 Å². The number of hydrogen-bond donors (Lipinski definition) is 1. The van der Waals surface area contributed by atoms with Crippen molar-refractivity contribution < 1.29 is 5.11 Å². The van der Waals surface area contributed by atoms with Gasteiger partial charge < -0.3 is 5.11 Å². The van der Waals surface area contributed by atoms with Gasteiger partial charge in [0.05, 0.1) is 0 Å². The van der Waals surface area contributed by atoms with Gasteiger partial charge in [0, 0.05) is 5.39 Å². The van der Waals surface area contributed by atoms with Crippen molar-refractivity contribution in [3.63, 3.8) is 0 Å². The molecule has 0 unspecified atom stereocenters. The second-order valence-electron chi connectivity index (χ2n) is 4.23. The van der Waals surface area contributed by atoms with E-state index in [1.165, 1.54) is 10.9 Å². The molecular weight excluding hydrogens is 196 g/mol. The Hall–Kier alpha value is -1.50. The van der Waals surface area contributed by atoms with E-state index in [4.69, 9.17) is 0 Å². The molecule has 1 N–H and O–H groups in total. The van der Waals surface area contributed by atoms with Gasteiger partial charge in [-0.25, -0.2) is 0 Å². The summed E-state index contributed by atoms with van der Waals surface area (Å²) < 4.78 is 0. The van der Waals surface area contributed by atoms with Crippen LogP contribution in [0.4, 0.5) is 0 Å². The summed E-state index contributed by atoms with van der Waals surface area (Å²) in [6.45, 7) is 4.44. The summed E-state index contributed by atoms with van der Waals surface area (Å²) in [5.41, 5.74) is 1.36. The monoisotopic (exact) mass is 214 g/mol. The molecule has 0 amide bonds. The zero-order valence-corrected chi connectivity index (χ0v) is 9.90. The third kappa shape index (κ3) is 1.78. The summed E-state index contributed by atoms with van der Waals surface area (Å²) in [7, 11) is 0. The van der Waals surface area contributed by atoms with Gasteiger partial charge in [0.1, 0.15) is 5.75 Å². The minimum Gasteiger partial charge on any atom is -0.507 e. The molecule has 0 bridgehead atoms. The van der Waals surface area contributed by atoms with Crippen LogP contribution in [0.25, 0.3) is 10.8 Å². The quantitative estimate of drug-likeness (QED) is 0.800. The Morgan fingerprint density at radius 1 is 0.938 bits per heavy atom. The molecule has 0 heterocycles. The maximum absolute atomic E-state index is 9.82. The highest BCUT2D eigenvalue weighted by atomic mass is 16.3. The lowest BCUT2D eigenvalue weighted by atomic mass is 9.89. The summed E-state index contributed by atoms with van der Waals surface area (Å²) in [6, 6.07) is 12.0. The van der Waals surface area contributed by atoms with Crippen LogP contribution in [-0.4, -0.2) is 5.11 Å². The van der Waals surface area contributed by atoms with E-state index < -0.39 is 0 Å². The van der Waals surface area contributed by atoms with Gasteiger partial charge in [-0.15, -0.1) is 0 Å². The Balaban J connectivity index is 2.66. The van der Waals surface area contributed by atoms with Crippen LogP contribution < -0.4 is 0 Å². The van der Waals surface area contributed by atoms with E-state index in [2.05, 4.69) is 26.0 Å². The third-order valence-corrected chi connectivity index (χ3v) is 3.36. The zero-order chi connectivity index (χ0) is 11.5. The number of phenolic OH excluding ortho intramolecular Hbond substituents is 1. The standard InChI is InChI=1S/C15H18O/c1-3-11(4-2)12-7-5-9-14-13(12)8-6-10-15(14)16/h5-11,16H,3-4H2,1-2H3. The van der Waals surface area contributed by atoms with E-state index in [1.807, 2.05) is 18.2 Å². The highest BCUT2D eigenvalue weighted by Gasteiger charge is 2.11. The molecule has 0 saturated carbocycles. The van der Waals surface area contributed by atoms with Gasteiger partial charge in [0.25, 0.3) is 0 Å². The van der Waals surface area contributed by atoms with Crippen LogP contribution in [0.15, 0.2) is 36.4 Å². The lowest BCUT2D eigenvalue weighted by Gasteiger charge is -2.15. The maximum atomic E-state index is 9.82. The first-order valence-electron chi connectivity index (χ1n) is 5.98. The number of benzene rings is 2. The summed E-state index contributed by atoms with van der Waals surface area (Å²) in [4.78, 5) is 0. The molecule has 0 aliphatic carbocycles. The first-order valence-corrected chi connectivity index (χ1v) is 5.98. The van der Waals surface area contributed by atoms with Crippen LogP contribution in [-0.2, 0) is 0 Å². The molecule has 0 fully saturated rings. The molecule has 0 aromatic heterocycles. The van der Waals surface area contributed by atoms with Crippen LogP contribution in [0.2, 0.25) is 0 Å². The molecule has 0 saturated heterocycles. The average Bonchev–Trinajstić information content (AvgIpc) is 2.32. The molecule has 2 aromatic carbocycles. The Labute approximate surface area is 96.7 Å². The fraction of sp³-hybridized carbons (Fsp3) is 0.333. The fourth-order valence-corrected chi connectivity index (χ4v) is 2.40. The van der Waals surface area contributed by atoms with Crippen molar-refractivity contribution in [2.45, 2.75) is 32.6 Å². The van der Waals surface area contributed by atoms with Gasteiger partial charge in [-0.3, -0.25) is 0 Å². The predicted molar refractivity (Wildman–Crippen MR) is 68.9 cm³/mol. The number of aromatic hydroxyl groups is 1. The third-order valence-electron chi connectivity index (χ3n) is 3.36. The van der Waals surface area contributed by atoms with E-state index in [-0.39, 0.29) is 0 Å². The SMILES string of the molecule is CCC(CC)c1cccc2c(O)cccc12. The van der Waals surface area contributed by atoms with Crippen molar-refractivity contribution in [2.75, 3.05) is 0 Å². The normalized spacial score (nSPS) is 11.2. The number of hydrogen-bond acceptors (Lipinski definition) is 1. The van der Waals surface area contributed by atoms with Crippen LogP contribution in [0.1, 0.15) is 38.2 Å². The average molecular weight is 214 g/mol. The van der Waals surface area contributed by atoms with Crippen molar-refractivity contribution in [1.82, 2.24) is 0 Å². The van der Waals surface area contributed by atoms with Crippen LogP contribution >= 0.6 is 0 Å². The van der Waals surface area contributed by atoms with Crippen molar-refractivity contribution in [1.29, 1.82) is 0 Å². The second kappa shape index (κ2) is 4.56. The van der Waals surface area contributed by atoms with Crippen molar-refractivity contribution >= 4 is 10.8 Å². The topological polar surface area (TPSA) is 20.2 Å². The highest BCUT2D eigenvalue weighted by molar-refractivity contribution is 5.91. The predicted octanol–water partition coefficient (Wildman–Crippen LogP) is 4.45. The largest absolute Gasteiger partial charge is 0.507 e. The lowest BCUT2D eigenvalue weighted by Crippen LogP contribution is -1.96. The molecule has 2 aromatic rings. The number of rotatable bonds is 3.